The summed E-state index contributed by atoms with van der Waals surface area (Å²) >= 11 is 5.73. The van der Waals surface area contributed by atoms with Crippen molar-refractivity contribution >= 4 is 17.4 Å². The van der Waals surface area contributed by atoms with Gasteiger partial charge in [0.2, 0.25) is 0 Å². The minimum Gasteiger partial charge on any atom is -0.391 e. The normalized spacial score (nSPS) is 14.3. The van der Waals surface area contributed by atoms with Gasteiger partial charge >= 0.3 is 6.18 Å². The first-order chi connectivity index (χ1) is 8.51. The first kappa shape index (κ1) is 16.0. The van der Waals surface area contributed by atoms with Gasteiger partial charge in [0.1, 0.15) is 5.82 Å². The summed E-state index contributed by atoms with van der Waals surface area (Å²) < 4.78 is 37.2. The Morgan fingerprint density at radius 2 is 1.95 bits per heavy atom. The van der Waals surface area contributed by atoms with Gasteiger partial charge in [-0.25, -0.2) is 4.98 Å². The third kappa shape index (κ3) is 4.54. The van der Waals surface area contributed by atoms with E-state index in [2.05, 4.69) is 10.3 Å². The zero-order valence-electron chi connectivity index (χ0n) is 10.8. The largest absolute Gasteiger partial charge is 0.417 e. The molecule has 0 saturated carbocycles. The van der Waals surface area contributed by atoms with E-state index in [1.807, 2.05) is 20.8 Å². The minimum absolute atomic E-state index is 0.123. The molecule has 0 fully saturated rings. The van der Waals surface area contributed by atoms with E-state index in [1.54, 1.807) is 0 Å². The quantitative estimate of drug-likeness (QED) is 0.896. The monoisotopic (exact) mass is 296 g/mol. The summed E-state index contributed by atoms with van der Waals surface area (Å²) in [6, 6.07) is 0.806. The van der Waals surface area contributed by atoms with Gasteiger partial charge in [0, 0.05) is 12.7 Å². The van der Waals surface area contributed by atoms with Crippen LogP contribution in [-0.4, -0.2) is 22.7 Å². The Bertz CT molecular complexity index is 444. The predicted molar refractivity (Wildman–Crippen MR) is 68.2 cm³/mol. The van der Waals surface area contributed by atoms with E-state index in [4.69, 9.17) is 11.6 Å². The number of alkyl halides is 3. The minimum atomic E-state index is -4.47. The number of nitrogens with zero attached hydrogens (tertiary/aromatic N) is 1. The Hall–Kier alpha value is -1.01. The third-order valence-electron chi connectivity index (χ3n) is 2.63. The van der Waals surface area contributed by atoms with Crippen LogP contribution in [0.1, 0.15) is 26.3 Å². The molecule has 7 heteroatoms. The molecular formula is C12H16ClF3N2O. The smallest absolute Gasteiger partial charge is 0.391 e. The summed E-state index contributed by atoms with van der Waals surface area (Å²) in [7, 11) is 0. The zero-order chi connectivity index (χ0) is 14.8. The molecule has 1 aromatic rings. The Balaban J connectivity index is 2.77. The zero-order valence-corrected chi connectivity index (χ0v) is 11.6. The maximum atomic E-state index is 12.4. The molecule has 108 valence electrons. The fourth-order valence-electron chi connectivity index (χ4n) is 1.22. The highest BCUT2D eigenvalue weighted by molar-refractivity contribution is 6.32. The number of pyridine rings is 1. The molecule has 2 N–H and O–H groups in total. The molecule has 0 bridgehead atoms. The first-order valence-electron chi connectivity index (χ1n) is 5.66. The molecule has 0 spiro atoms. The van der Waals surface area contributed by atoms with Gasteiger partial charge in [0.15, 0.2) is 0 Å². The van der Waals surface area contributed by atoms with Gasteiger partial charge < -0.3 is 10.4 Å². The average molecular weight is 297 g/mol. The molecule has 0 aliphatic rings. The molecule has 19 heavy (non-hydrogen) atoms. The number of aliphatic hydroxyl groups excluding tert-OH is 1. The fraction of sp³-hybridized carbons (Fsp3) is 0.583. The second-order valence-corrected chi connectivity index (χ2v) is 5.72. The van der Waals surface area contributed by atoms with Crippen LogP contribution in [0.3, 0.4) is 0 Å². The molecule has 1 unspecified atom stereocenters. The lowest BCUT2D eigenvalue weighted by atomic mass is 9.89. The van der Waals surface area contributed by atoms with E-state index in [0.29, 0.717) is 6.20 Å². The van der Waals surface area contributed by atoms with Crippen molar-refractivity contribution in [2.45, 2.75) is 33.1 Å². The molecule has 0 aromatic carbocycles. The van der Waals surface area contributed by atoms with Crippen molar-refractivity contribution in [1.29, 1.82) is 0 Å². The number of rotatable bonds is 3. The molecule has 1 aromatic heterocycles. The van der Waals surface area contributed by atoms with Crippen LogP contribution in [0, 0.1) is 5.41 Å². The highest BCUT2D eigenvalue weighted by Crippen LogP contribution is 2.32. The van der Waals surface area contributed by atoms with Gasteiger partial charge in [-0.2, -0.15) is 13.2 Å². The van der Waals surface area contributed by atoms with E-state index in [-0.39, 0.29) is 22.8 Å². The van der Waals surface area contributed by atoms with Crippen molar-refractivity contribution in [3.05, 3.63) is 22.8 Å². The lowest BCUT2D eigenvalue weighted by molar-refractivity contribution is -0.137. The second kappa shape index (κ2) is 5.54. The van der Waals surface area contributed by atoms with Crippen LogP contribution in [0.5, 0.6) is 0 Å². The number of anilines is 1. The van der Waals surface area contributed by atoms with Crippen molar-refractivity contribution in [2.75, 3.05) is 11.9 Å². The highest BCUT2D eigenvalue weighted by atomic mass is 35.5. The summed E-state index contributed by atoms with van der Waals surface area (Å²) in [5, 5.41) is 12.4. The summed E-state index contributed by atoms with van der Waals surface area (Å²) in [5.41, 5.74) is -1.25. The average Bonchev–Trinajstić information content (AvgIpc) is 2.24. The molecule has 1 rings (SSSR count). The van der Waals surface area contributed by atoms with E-state index in [9.17, 15) is 18.3 Å². The molecule has 0 aliphatic carbocycles. The van der Waals surface area contributed by atoms with Gasteiger partial charge in [-0.05, 0) is 11.5 Å². The van der Waals surface area contributed by atoms with Gasteiger partial charge in [-0.3, -0.25) is 0 Å². The highest BCUT2D eigenvalue weighted by Gasteiger charge is 2.31. The molecule has 1 atom stereocenters. The van der Waals surface area contributed by atoms with Crippen molar-refractivity contribution in [3.63, 3.8) is 0 Å². The van der Waals surface area contributed by atoms with Gasteiger partial charge in [-0.1, -0.05) is 32.4 Å². The summed E-state index contributed by atoms with van der Waals surface area (Å²) in [4.78, 5) is 3.62. The fourth-order valence-corrected chi connectivity index (χ4v) is 1.46. The van der Waals surface area contributed by atoms with Crippen LogP contribution in [0.15, 0.2) is 12.3 Å². The van der Waals surface area contributed by atoms with E-state index < -0.39 is 17.8 Å². The number of hydrogen-bond donors (Lipinski definition) is 2. The summed E-state index contributed by atoms with van der Waals surface area (Å²) in [6.07, 6.45) is -4.44. The third-order valence-corrected chi connectivity index (χ3v) is 2.92. The van der Waals surface area contributed by atoms with Gasteiger partial charge in [0.05, 0.1) is 16.7 Å². The van der Waals surface area contributed by atoms with E-state index in [0.717, 1.165) is 6.07 Å². The van der Waals surface area contributed by atoms with Crippen molar-refractivity contribution in [1.82, 2.24) is 4.98 Å². The molecule has 1 heterocycles. The molecule has 0 aliphatic heterocycles. The van der Waals surface area contributed by atoms with Crippen LogP contribution in [0.2, 0.25) is 5.02 Å². The topological polar surface area (TPSA) is 45.1 Å². The number of hydrogen-bond acceptors (Lipinski definition) is 3. The molecule has 0 radical (unpaired) electrons. The number of aliphatic hydroxyl groups is 1. The second-order valence-electron chi connectivity index (χ2n) is 5.31. The predicted octanol–water partition coefficient (Wildman–Crippen LogP) is 3.57. The Morgan fingerprint density at radius 3 is 2.37 bits per heavy atom. The first-order valence-corrected chi connectivity index (χ1v) is 6.04. The SMILES string of the molecule is CC(C)(C)C(O)CNc1ncc(C(F)(F)F)cc1Cl. The van der Waals surface area contributed by atoms with E-state index >= 15 is 0 Å². The Labute approximate surface area is 114 Å². The Kier molecular flexibility index (Phi) is 4.68. The lowest BCUT2D eigenvalue weighted by Crippen LogP contribution is -2.33. The Morgan fingerprint density at radius 1 is 1.37 bits per heavy atom. The van der Waals surface area contributed by atoms with Crippen molar-refractivity contribution in [3.8, 4) is 0 Å². The molecule has 0 saturated heterocycles. The van der Waals surface area contributed by atoms with Crippen LogP contribution < -0.4 is 5.32 Å². The number of halogens is 4. The molecule has 3 nitrogen and oxygen atoms in total. The summed E-state index contributed by atoms with van der Waals surface area (Å²) in [6.45, 7) is 5.70. The maximum Gasteiger partial charge on any atom is 0.417 e. The van der Waals surface area contributed by atoms with E-state index in [1.165, 1.54) is 0 Å². The van der Waals surface area contributed by atoms with Gasteiger partial charge in [-0.15, -0.1) is 0 Å². The van der Waals surface area contributed by atoms with Crippen molar-refractivity contribution < 1.29 is 18.3 Å². The maximum absolute atomic E-state index is 12.4. The lowest BCUT2D eigenvalue weighted by Gasteiger charge is -2.26. The van der Waals surface area contributed by atoms with Crippen LogP contribution >= 0.6 is 11.6 Å². The van der Waals surface area contributed by atoms with Gasteiger partial charge in [0.25, 0.3) is 0 Å². The number of nitrogens with one attached hydrogen (secondary N) is 1. The van der Waals surface area contributed by atoms with Crippen LogP contribution in [0.25, 0.3) is 0 Å². The molecular weight excluding hydrogens is 281 g/mol. The molecule has 0 amide bonds. The summed E-state index contributed by atoms with van der Waals surface area (Å²) in [5.74, 6) is 0.123. The number of aromatic nitrogens is 1. The van der Waals surface area contributed by atoms with Crippen molar-refractivity contribution in [2.24, 2.45) is 5.41 Å². The van der Waals surface area contributed by atoms with Crippen LogP contribution in [0.4, 0.5) is 19.0 Å². The van der Waals surface area contributed by atoms with Crippen LogP contribution in [-0.2, 0) is 6.18 Å². The standard InChI is InChI=1S/C12H16ClF3N2O/c1-11(2,3)9(19)6-18-10-8(13)4-7(5-17-10)12(14,15)16/h4-5,9,19H,6H2,1-3H3,(H,17,18).